The Kier molecular flexibility index (Phi) is 11.0. The van der Waals surface area contributed by atoms with Crippen molar-refractivity contribution in [1.29, 1.82) is 0 Å². The van der Waals surface area contributed by atoms with Crippen molar-refractivity contribution in [2.45, 2.75) is 96.6 Å². The molecule has 1 fully saturated rings. The molecule has 2 atom stereocenters. The number of nitrogens with zero attached hydrogens (tertiary/aromatic N) is 2. The SMILES string of the molecule is Cc1cc(C(=O)Nc2cc(C(CCC3CC3)(N[S@@](=O)C(C)(C)C)c3ccccc3)ccc2F)n(-c2cccc(CNC(=O)OC(C)(C)C)c2)n1. The maximum absolute atomic E-state index is 15.6. The highest BCUT2D eigenvalue weighted by Crippen LogP contribution is 2.42. The quantitative estimate of drug-likeness (QED) is 0.138. The number of benzene rings is 3. The summed E-state index contributed by atoms with van der Waals surface area (Å²) in [6, 6.07) is 23.5. The molecule has 3 aromatic carbocycles. The molecule has 0 saturated heterocycles. The van der Waals surface area contributed by atoms with E-state index in [2.05, 4.69) is 20.5 Å². The second-order valence-electron chi connectivity index (χ2n) is 15.0. The van der Waals surface area contributed by atoms with Crippen LogP contribution in [0.25, 0.3) is 5.69 Å². The molecule has 1 aromatic heterocycles. The Morgan fingerprint density at radius 2 is 1.66 bits per heavy atom. The van der Waals surface area contributed by atoms with Crippen LogP contribution in [0.3, 0.4) is 0 Å². The third-order valence-electron chi connectivity index (χ3n) is 8.48. The van der Waals surface area contributed by atoms with Crippen molar-refractivity contribution in [1.82, 2.24) is 19.8 Å². The fourth-order valence-electron chi connectivity index (χ4n) is 5.70. The smallest absolute Gasteiger partial charge is 0.407 e. The van der Waals surface area contributed by atoms with Crippen molar-refractivity contribution < 1.29 is 22.9 Å². The van der Waals surface area contributed by atoms with Crippen LogP contribution < -0.4 is 15.4 Å². The Balaban J connectivity index is 1.46. The minimum absolute atomic E-state index is 0.00304. The molecule has 0 bridgehead atoms. The van der Waals surface area contributed by atoms with Gasteiger partial charge in [-0.15, -0.1) is 0 Å². The summed E-state index contributed by atoms with van der Waals surface area (Å²) >= 11 is 0. The second kappa shape index (κ2) is 14.9. The highest BCUT2D eigenvalue weighted by molar-refractivity contribution is 7.84. The van der Waals surface area contributed by atoms with E-state index < -0.39 is 44.7 Å². The van der Waals surface area contributed by atoms with Gasteiger partial charge in [-0.2, -0.15) is 5.10 Å². The molecule has 1 saturated carbocycles. The molecule has 50 heavy (non-hydrogen) atoms. The van der Waals surface area contributed by atoms with E-state index in [1.807, 2.05) is 69.3 Å². The predicted molar refractivity (Wildman–Crippen MR) is 196 cm³/mol. The van der Waals surface area contributed by atoms with E-state index in [1.165, 1.54) is 10.7 Å². The number of aryl methyl sites for hydroxylation is 1. The molecular weight excluding hydrogens is 654 g/mol. The van der Waals surface area contributed by atoms with Gasteiger partial charge < -0.3 is 15.4 Å². The lowest BCUT2D eigenvalue weighted by atomic mass is 9.79. The number of anilines is 1. The summed E-state index contributed by atoms with van der Waals surface area (Å²) in [6.45, 7) is 13.1. The van der Waals surface area contributed by atoms with Crippen molar-refractivity contribution >= 4 is 28.7 Å². The summed E-state index contributed by atoms with van der Waals surface area (Å²) in [7, 11) is -1.46. The van der Waals surface area contributed by atoms with Crippen LogP contribution >= 0.6 is 0 Å². The number of aromatic nitrogens is 2. The normalized spacial score (nSPS) is 15.2. The first-order valence-corrected chi connectivity index (χ1v) is 18.2. The molecule has 1 heterocycles. The topological polar surface area (TPSA) is 114 Å². The summed E-state index contributed by atoms with van der Waals surface area (Å²) in [6.07, 6.45) is 3.34. The highest BCUT2D eigenvalue weighted by Gasteiger charge is 2.40. The summed E-state index contributed by atoms with van der Waals surface area (Å²) in [5, 5.41) is 10.1. The number of halogens is 1. The number of rotatable bonds is 12. The van der Waals surface area contributed by atoms with E-state index in [4.69, 9.17) is 4.74 Å². The number of nitrogens with one attached hydrogen (secondary N) is 3. The van der Waals surface area contributed by atoms with Crippen LogP contribution in [0.4, 0.5) is 14.9 Å². The lowest BCUT2D eigenvalue weighted by Gasteiger charge is -2.38. The van der Waals surface area contributed by atoms with Gasteiger partial charge in [0.25, 0.3) is 5.91 Å². The van der Waals surface area contributed by atoms with E-state index in [0.717, 1.165) is 30.4 Å². The van der Waals surface area contributed by atoms with Gasteiger partial charge in [-0.25, -0.2) is 22.8 Å². The zero-order valence-corrected chi connectivity index (χ0v) is 30.7. The molecule has 3 N–H and O–H groups in total. The number of hydrogen-bond donors (Lipinski definition) is 3. The third-order valence-corrected chi connectivity index (χ3v) is 10.1. The van der Waals surface area contributed by atoms with Crippen LogP contribution in [-0.4, -0.2) is 36.3 Å². The van der Waals surface area contributed by atoms with Gasteiger partial charge in [0.1, 0.15) is 17.1 Å². The van der Waals surface area contributed by atoms with Crippen molar-refractivity contribution in [2.75, 3.05) is 5.32 Å². The first kappa shape index (κ1) is 36.9. The van der Waals surface area contributed by atoms with Crippen LogP contribution in [0.15, 0.2) is 78.9 Å². The number of amides is 2. The van der Waals surface area contributed by atoms with Crippen molar-refractivity contribution in [3.63, 3.8) is 0 Å². The number of ether oxygens (including phenoxy) is 1. The molecule has 1 aliphatic carbocycles. The monoisotopic (exact) mass is 701 g/mol. The van der Waals surface area contributed by atoms with E-state index in [0.29, 0.717) is 29.3 Å². The molecule has 5 rings (SSSR count). The molecule has 9 nitrogen and oxygen atoms in total. The summed E-state index contributed by atoms with van der Waals surface area (Å²) in [4.78, 5) is 26.1. The molecule has 1 aliphatic rings. The predicted octanol–water partition coefficient (Wildman–Crippen LogP) is 8.08. The number of carbonyl (C=O) groups excluding carboxylic acids is 2. The Hall–Kier alpha value is -4.35. The summed E-state index contributed by atoms with van der Waals surface area (Å²) < 4.78 is 39.1. The Morgan fingerprint density at radius 1 is 0.940 bits per heavy atom. The molecule has 2 amide bonds. The maximum Gasteiger partial charge on any atom is 0.407 e. The average molecular weight is 702 g/mol. The van der Waals surface area contributed by atoms with Crippen molar-refractivity contribution in [2.24, 2.45) is 5.92 Å². The van der Waals surface area contributed by atoms with Crippen LogP contribution in [-0.2, 0) is 27.8 Å². The van der Waals surface area contributed by atoms with Crippen molar-refractivity contribution in [3.8, 4) is 5.69 Å². The summed E-state index contributed by atoms with van der Waals surface area (Å²) in [5.74, 6) is -0.549. The lowest BCUT2D eigenvalue weighted by molar-refractivity contribution is 0.0523. The van der Waals surface area contributed by atoms with Crippen LogP contribution in [0.1, 0.15) is 100 Å². The molecule has 1 unspecified atom stereocenters. The lowest BCUT2D eigenvalue weighted by Crippen LogP contribution is -2.49. The van der Waals surface area contributed by atoms with Gasteiger partial charge in [0.05, 0.1) is 38.3 Å². The Labute approximate surface area is 297 Å². The molecule has 11 heteroatoms. The Morgan fingerprint density at radius 3 is 2.32 bits per heavy atom. The minimum Gasteiger partial charge on any atom is -0.444 e. The second-order valence-corrected chi connectivity index (χ2v) is 17.0. The Bertz CT molecular complexity index is 1860. The highest BCUT2D eigenvalue weighted by atomic mass is 32.2. The summed E-state index contributed by atoms with van der Waals surface area (Å²) in [5.41, 5.74) is 2.27. The van der Waals surface area contributed by atoms with Gasteiger partial charge in [0.15, 0.2) is 0 Å². The molecule has 0 radical (unpaired) electrons. The zero-order chi connectivity index (χ0) is 36.3. The first-order chi connectivity index (χ1) is 23.5. The van der Waals surface area contributed by atoms with E-state index in [1.54, 1.807) is 52.0 Å². The zero-order valence-electron chi connectivity index (χ0n) is 29.9. The van der Waals surface area contributed by atoms with Crippen molar-refractivity contribution in [3.05, 3.63) is 113 Å². The average Bonchev–Trinajstić information content (AvgIpc) is 3.80. The third kappa shape index (κ3) is 9.25. The molecule has 0 aliphatic heterocycles. The van der Waals surface area contributed by atoms with Gasteiger partial charge in [0.2, 0.25) is 0 Å². The van der Waals surface area contributed by atoms with Crippen LogP contribution in [0.2, 0.25) is 0 Å². The minimum atomic E-state index is -1.46. The van der Waals surface area contributed by atoms with E-state index in [9.17, 15) is 13.8 Å². The van der Waals surface area contributed by atoms with E-state index >= 15 is 4.39 Å². The van der Waals surface area contributed by atoms with Crippen LogP contribution in [0.5, 0.6) is 0 Å². The fourth-order valence-corrected chi connectivity index (χ4v) is 6.66. The molecule has 0 spiro atoms. The maximum atomic E-state index is 15.6. The van der Waals surface area contributed by atoms with Gasteiger partial charge in [-0.1, -0.05) is 61.4 Å². The standard InChI is InChI=1S/C39H48FN5O4S/c1-26-22-34(45(43-26)31-15-11-12-28(23-31)25-41-36(47)49-37(2,3)4)35(46)42-33-24-30(18-19-32(33)40)39(21-20-27-16-17-27,29-13-9-8-10-14-29)44-50(48)38(5,6)7/h8-15,18-19,22-24,27,44H,16-17,20-21,25H2,1-7H3,(H,41,47)(H,42,46)/t39?,50-/m0/s1. The largest absolute Gasteiger partial charge is 0.444 e. The van der Waals surface area contributed by atoms with E-state index in [-0.39, 0.29) is 17.9 Å². The molecule has 266 valence electrons. The first-order valence-electron chi connectivity index (χ1n) is 17.0. The molecule has 4 aromatic rings. The number of alkyl carbamates (subject to hydrolysis) is 1. The fraction of sp³-hybridized carbons (Fsp3) is 0.410. The van der Waals surface area contributed by atoms with Gasteiger partial charge in [-0.05, 0) is 114 Å². The van der Waals surface area contributed by atoms with Gasteiger partial charge in [-0.3, -0.25) is 4.79 Å². The molecular formula is C39H48FN5O4S. The number of hydrogen-bond acceptors (Lipinski definition) is 5. The van der Waals surface area contributed by atoms with Gasteiger partial charge >= 0.3 is 6.09 Å². The van der Waals surface area contributed by atoms with Crippen LogP contribution in [0, 0.1) is 18.7 Å². The number of carbonyl (C=O) groups is 2. The van der Waals surface area contributed by atoms with Gasteiger partial charge in [0, 0.05) is 6.54 Å².